The Morgan fingerprint density at radius 3 is 2.41 bits per heavy atom. The number of non-ortho nitro benzene ring substituents is 1. The van der Waals surface area contributed by atoms with Gasteiger partial charge in [-0.15, -0.1) is 0 Å². The minimum absolute atomic E-state index is 0.120. The second kappa shape index (κ2) is 5.97. The molecule has 0 aliphatic carbocycles. The number of anilines is 1. The molecule has 3 rings (SSSR count). The van der Waals surface area contributed by atoms with Gasteiger partial charge in [-0.2, -0.15) is 0 Å². The summed E-state index contributed by atoms with van der Waals surface area (Å²) in [4.78, 5) is 12.7. The summed E-state index contributed by atoms with van der Waals surface area (Å²) in [6, 6.07) is 17.0. The number of nitrogens with zero attached hydrogens (tertiary/aromatic N) is 3. The van der Waals surface area contributed by atoms with Crippen molar-refractivity contribution >= 4 is 17.2 Å². The molecule has 5 heteroatoms. The van der Waals surface area contributed by atoms with Crippen LogP contribution in [0.5, 0.6) is 0 Å². The van der Waals surface area contributed by atoms with Gasteiger partial charge in [0.1, 0.15) is 5.69 Å². The molecule has 5 nitrogen and oxygen atoms in total. The zero-order valence-corrected chi connectivity index (χ0v) is 12.5. The van der Waals surface area contributed by atoms with Crippen molar-refractivity contribution in [3.05, 3.63) is 70.3 Å². The third-order valence-electron chi connectivity index (χ3n) is 3.90. The number of amidine groups is 1. The highest BCUT2D eigenvalue weighted by molar-refractivity contribution is 6.07. The lowest BCUT2D eigenvalue weighted by Gasteiger charge is -2.25. The van der Waals surface area contributed by atoms with Crippen LogP contribution in [0.1, 0.15) is 12.0 Å². The van der Waals surface area contributed by atoms with E-state index in [1.807, 2.05) is 30.3 Å². The smallest absolute Gasteiger partial charge is 0.264 e. The molecule has 2 aromatic rings. The molecule has 0 saturated heterocycles. The van der Waals surface area contributed by atoms with Crippen molar-refractivity contribution in [2.45, 2.75) is 6.42 Å². The van der Waals surface area contributed by atoms with Gasteiger partial charge < -0.3 is 0 Å². The highest BCUT2D eigenvalue weighted by atomic mass is 16.6. The Labute approximate surface area is 129 Å². The summed E-state index contributed by atoms with van der Waals surface area (Å²) < 4.78 is 2.21. The van der Waals surface area contributed by atoms with Gasteiger partial charge in [0.15, 0.2) is 0 Å². The van der Waals surface area contributed by atoms with Crippen LogP contribution in [0.25, 0.3) is 0 Å². The third-order valence-corrected chi connectivity index (χ3v) is 3.90. The first-order chi connectivity index (χ1) is 10.7. The fraction of sp³-hybridized carbons (Fsp3) is 0.235. The second-order valence-corrected chi connectivity index (χ2v) is 5.39. The van der Waals surface area contributed by atoms with E-state index in [-0.39, 0.29) is 10.6 Å². The lowest BCUT2D eigenvalue weighted by Crippen LogP contribution is -2.43. The van der Waals surface area contributed by atoms with Gasteiger partial charge in [0.25, 0.3) is 11.5 Å². The molecule has 112 valence electrons. The fourth-order valence-electron chi connectivity index (χ4n) is 2.85. The van der Waals surface area contributed by atoms with Gasteiger partial charge in [0.05, 0.1) is 30.6 Å². The molecule has 0 radical (unpaired) electrons. The number of benzene rings is 2. The lowest BCUT2D eigenvalue weighted by atomic mass is 10.1. The van der Waals surface area contributed by atoms with Gasteiger partial charge in [-0.3, -0.25) is 14.7 Å². The van der Waals surface area contributed by atoms with Crippen LogP contribution in [0.4, 0.5) is 11.4 Å². The molecule has 0 saturated carbocycles. The molecule has 1 aliphatic heterocycles. The minimum atomic E-state index is -0.367. The first-order valence-electron chi connectivity index (χ1n) is 7.32. The Morgan fingerprint density at radius 2 is 1.77 bits per heavy atom. The highest BCUT2D eigenvalue weighted by Crippen LogP contribution is 2.21. The van der Waals surface area contributed by atoms with Crippen molar-refractivity contribution in [3.63, 3.8) is 0 Å². The van der Waals surface area contributed by atoms with Crippen molar-refractivity contribution in [2.24, 2.45) is 0 Å². The average Bonchev–Trinajstić information content (AvgIpc) is 2.55. The number of hydrogen-bond donors (Lipinski definition) is 0. The molecule has 0 N–H and O–H groups in total. The maximum atomic E-state index is 10.8. The number of nitro groups is 1. The predicted octanol–water partition coefficient (Wildman–Crippen LogP) is 2.89. The fourth-order valence-corrected chi connectivity index (χ4v) is 2.85. The van der Waals surface area contributed by atoms with Crippen molar-refractivity contribution in [2.75, 3.05) is 25.0 Å². The average molecular weight is 296 g/mol. The minimum Gasteiger partial charge on any atom is -0.264 e. The Kier molecular flexibility index (Phi) is 3.87. The molecule has 0 unspecified atom stereocenters. The van der Waals surface area contributed by atoms with E-state index >= 15 is 0 Å². The monoisotopic (exact) mass is 296 g/mol. The maximum absolute atomic E-state index is 10.8. The first kappa shape index (κ1) is 14.3. The number of para-hydroxylation sites is 1. The number of rotatable bonds is 3. The molecule has 1 aliphatic rings. The molecule has 1 heterocycles. The van der Waals surface area contributed by atoms with Crippen molar-refractivity contribution in [1.29, 1.82) is 0 Å². The summed E-state index contributed by atoms with van der Waals surface area (Å²) in [6.07, 6.45) is 1.09. The Bertz CT molecular complexity index is 708. The van der Waals surface area contributed by atoms with Crippen LogP contribution in [0, 0.1) is 10.1 Å². The van der Waals surface area contributed by atoms with Crippen LogP contribution in [0.15, 0.2) is 54.6 Å². The normalized spacial score (nSPS) is 15.0. The number of hydrogen-bond acceptors (Lipinski definition) is 3. The zero-order valence-electron chi connectivity index (χ0n) is 12.5. The lowest BCUT2D eigenvalue weighted by molar-refractivity contribution is -0.501. The van der Waals surface area contributed by atoms with Crippen molar-refractivity contribution in [1.82, 2.24) is 0 Å². The quantitative estimate of drug-likeness (QED) is 0.497. The van der Waals surface area contributed by atoms with E-state index in [4.69, 9.17) is 0 Å². The van der Waals surface area contributed by atoms with Crippen LogP contribution in [-0.4, -0.2) is 35.5 Å². The van der Waals surface area contributed by atoms with E-state index in [0.717, 1.165) is 36.6 Å². The summed E-state index contributed by atoms with van der Waals surface area (Å²) in [5.41, 5.74) is 2.26. The van der Waals surface area contributed by atoms with Gasteiger partial charge in [0.2, 0.25) is 0 Å². The van der Waals surface area contributed by atoms with E-state index in [1.54, 1.807) is 12.1 Å². The highest BCUT2D eigenvalue weighted by Gasteiger charge is 2.29. The van der Waals surface area contributed by atoms with Crippen molar-refractivity contribution < 1.29 is 9.50 Å². The molecular weight excluding hydrogens is 278 g/mol. The molecule has 0 aromatic heterocycles. The van der Waals surface area contributed by atoms with Crippen molar-refractivity contribution in [3.8, 4) is 0 Å². The summed E-state index contributed by atoms with van der Waals surface area (Å²) in [6.45, 7) is 1.93. The molecule has 0 spiro atoms. The van der Waals surface area contributed by atoms with Crippen LogP contribution < -0.4 is 4.90 Å². The SMILES string of the molecule is C[N+]1=C(c2ccc([N+](=O)[O-])cc2)N(c2ccccc2)CCC1. The molecule has 0 bridgehead atoms. The largest absolute Gasteiger partial charge is 0.284 e. The van der Waals surface area contributed by atoms with Crippen LogP contribution >= 0.6 is 0 Å². The summed E-state index contributed by atoms with van der Waals surface area (Å²) in [5.74, 6) is 1.09. The summed E-state index contributed by atoms with van der Waals surface area (Å²) in [7, 11) is 2.06. The van der Waals surface area contributed by atoms with E-state index in [1.165, 1.54) is 0 Å². The van der Waals surface area contributed by atoms with E-state index < -0.39 is 0 Å². The maximum Gasteiger partial charge on any atom is 0.284 e. The molecule has 0 fully saturated rings. The predicted molar refractivity (Wildman–Crippen MR) is 86.7 cm³/mol. The molecule has 0 amide bonds. The topological polar surface area (TPSA) is 49.4 Å². The summed E-state index contributed by atoms with van der Waals surface area (Å²) >= 11 is 0. The van der Waals surface area contributed by atoms with E-state index in [2.05, 4.69) is 28.7 Å². The second-order valence-electron chi connectivity index (χ2n) is 5.39. The summed E-state index contributed by atoms with van der Waals surface area (Å²) in [5, 5.41) is 10.8. The van der Waals surface area contributed by atoms with Gasteiger partial charge in [-0.25, -0.2) is 4.90 Å². The Hall–Kier alpha value is -2.69. The zero-order chi connectivity index (χ0) is 15.5. The molecule has 22 heavy (non-hydrogen) atoms. The van der Waals surface area contributed by atoms with Crippen LogP contribution in [-0.2, 0) is 0 Å². The van der Waals surface area contributed by atoms with Gasteiger partial charge in [0, 0.05) is 18.6 Å². The molecule has 0 atom stereocenters. The van der Waals surface area contributed by atoms with Crippen LogP contribution in [0.3, 0.4) is 0 Å². The van der Waals surface area contributed by atoms with Gasteiger partial charge in [-0.05, 0) is 24.3 Å². The molecular formula is C17H18N3O2+. The van der Waals surface area contributed by atoms with E-state index in [9.17, 15) is 10.1 Å². The third kappa shape index (κ3) is 2.70. The van der Waals surface area contributed by atoms with Gasteiger partial charge >= 0.3 is 0 Å². The Balaban J connectivity index is 2.02. The number of nitro benzene ring substituents is 1. The van der Waals surface area contributed by atoms with E-state index in [0.29, 0.717) is 0 Å². The van der Waals surface area contributed by atoms with Gasteiger partial charge in [-0.1, -0.05) is 18.2 Å². The van der Waals surface area contributed by atoms with Crippen LogP contribution in [0.2, 0.25) is 0 Å². The first-order valence-corrected chi connectivity index (χ1v) is 7.32. The Morgan fingerprint density at radius 1 is 1.09 bits per heavy atom. The molecule has 2 aromatic carbocycles. The standard InChI is InChI=1S/C17H18N3O2/c1-18-12-5-13-19(15-6-3-2-4-7-15)17(18)14-8-10-16(11-9-14)20(21)22/h2-4,6-11H,5,12-13H2,1H3/q+1.